The van der Waals surface area contributed by atoms with Gasteiger partial charge in [0.1, 0.15) is 0 Å². The maximum Gasteiger partial charge on any atom is 0.230 e. The number of carbonyl (C=O) groups excluding carboxylic acids is 2. The summed E-state index contributed by atoms with van der Waals surface area (Å²) in [7, 11) is 0. The van der Waals surface area contributed by atoms with Gasteiger partial charge in [-0.3, -0.25) is 9.59 Å². The maximum absolute atomic E-state index is 12.9. The molecule has 2 aliphatic heterocycles. The van der Waals surface area contributed by atoms with Crippen LogP contribution in [-0.2, 0) is 9.59 Å². The SMILES string of the molecule is CCC1(C(=O)N2CCN(C(=O)C(C)C)CC2)CCCNC1. The molecule has 2 heterocycles. The Balaban J connectivity index is 1.95. The zero-order valence-electron chi connectivity index (χ0n) is 13.7. The van der Waals surface area contributed by atoms with E-state index in [1.165, 1.54) is 0 Å². The Morgan fingerprint density at radius 3 is 2.24 bits per heavy atom. The van der Waals surface area contributed by atoms with Crippen molar-refractivity contribution in [2.45, 2.75) is 40.0 Å². The lowest BCUT2D eigenvalue weighted by atomic mass is 9.77. The molecule has 0 radical (unpaired) electrons. The molecule has 2 amide bonds. The van der Waals surface area contributed by atoms with Gasteiger partial charge in [-0.1, -0.05) is 20.8 Å². The van der Waals surface area contributed by atoms with E-state index in [1.807, 2.05) is 23.6 Å². The van der Waals surface area contributed by atoms with Crippen LogP contribution in [-0.4, -0.2) is 60.9 Å². The van der Waals surface area contributed by atoms with Crippen LogP contribution in [0.2, 0.25) is 0 Å². The van der Waals surface area contributed by atoms with Crippen molar-refractivity contribution in [2.24, 2.45) is 11.3 Å². The predicted molar refractivity (Wildman–Crippen MR) is 82.8 cm³/mol. The average Bonchev–Trinajstić information content (AvgIpc) is 2.54. The van der Waals surface area contributed by atoms with Crippen LogP contribution < -0.4 is 5.32 Å². The highest BCUT2D eigenvalue weighted by molar-refractivity contribution is 5.84. The third kappa shape index (κ3) is 3.39. The molecule has 2 fully saturated rings. The van der Waals surface area contributed by atoms with Crippen LogP contribution in [0.15, 0.2) is 0 Å². The molecule has 5 heteroatoms. The van der Waals surface area contributed by atoms with Gasteiger partial charge < -0.3 is 15.1 Å². The second-order valence-electron chi connectivity index (χ2n) is 6.69. The third-order valence-corrected chi connectivity index (χ3v) is 4.98. The van der Waals surface area contributed by atoms with Gasteiger partial charge >= 0.3 is 0 Å². The topological polar surface area (TPSA) is 52.7 Å². The van der Waals surface area contributed by atoms with Crippen molar-refractivity contribution in [1.29, 1.82) is 0 Å². The van der Waals surface area contributed by atoms with E-state index < -0.39 is 0 Å². The normalized spacial score (nSPS) is 27.0. The van der Waals surface area contributed by atoms with E-state index in [2.05, 4.69) is 12.2 Å². The molecule has 2 saturated heterocycles. The van der Waals surface area contributed by atoms with E-state index in [1.54, 1.807) is 0 Å². The van der Waals surface area contributed by atoms with Crippen molar-refractivity contribution in [3.05, 3.63) is 0 Å². The van der Waals surface area contributed by atoms with Crippen LogP contribution >= 0.6 is 0 Å². The van der Waals surface area contributed by atoms with Crippen molar-refractivity contribution in [1.82, 2.24) is 15.1 Å². The second-order valence-corrected chi connectivity index (χ2v) is 6.69. The van der Waals surface area contributed by atoms with Crippen molar-refractivity contribution >= 4 is 11.8 Å². The summed E-state index contributed by atoms with van der Waals surface area (Å²) in [5, 5.41) is 3.38. The van der Waals surface area contributed by atoms with Crippen LogP contribution in [0.1, 0.15) is 40.0 Å². The molecule has 120 valence electrons. The molecule has 0 aromatic carbocycles. The number of nitrogens with one attached hydrogen (secondary N) is 1. The molecule has 0 bridgehead atoms. The lowest BCUT2D eigenvalue weighted by Crippen LogP contribution is -2.57. The molecule has 2 rings (SSSR count). The number of carbonyl (C=O) groups is 2. The van der Waals surface area contributed by atoms with E-state index in [0.29, 0.717) is 26.2 Å². The summed E-state index contributed by atoms with van der Waals surface area (Å²) < 4.78 is 0. The Morgan fingerprint density at radius 2 is 1.76 bits per heavy atom. The Morgan fingerprint density at radius 1 is 1.14 bits per heavy atom. The first-order valence-electron chi connectivity index (χ1n) is 8.29. The van der Waals surface area contributed by atoms with E-state index in [4.69, 9.17) is 0 Å². The largest absolute Gasteiger partial charge is 0.339 e. The summed E-state index contributed by atoms with van der Waals surface area (Å²) in [6.45, 7) is 10.5. The fourth-order valence-corrected chi connectivity index (χ4v) is 3.43. The minimum Gasteiger partial charge on any atom is -0.339 e. The summed E-state index contributed by atoms with van der Waals surface area (Å²) in [4.78, 5) is 28.8. The van der Waals surface area contributed by atoms with Gasteiger partial charge in [-0.2, -0.15) is 0 Å². The summed E-state index contributed by atoms with van der Waals surface area (Å²) >= 11 is 0. The highest BCUT2D eigenvalue weighted by atomic mass is 16.2. The first kappa shape index (κ1) is 16.3. The number of hydrogen-bond acceptors (Lipinski definition) is 3. The molecular formula is C16H29N3O2. The molecule has 0 saturated carbocycles. The first-order chi connectivity index (χ1) is 10.00. The van der Waals surface area contributed by atoms with Gasteiger partial charge in [-0.25, -0.2) is 0 Å². The molecule has 1 atom stereocenters. The molecule has 5 nitrogen and oxygen atoms in total. The molecule has 0 aliphatic carbocycles. The minimum atomic E-state index is -0.220. The van der Waals surface area contributed by atoms with E-state index >= 15 is 0 Å². The van der Waals surface area contributed by atoms with E-state index in [9.17, 15) is 9.59 Å². The van der Waals surface area contributed by atoms with E-state index in [-0.39, 0.29) is 23.1 Å². The van der Waals surface area contributed by atoms with Crippen LogP contribution in [0.4, 0.5) is 0 Å². The minimum absolute atomic E-state index is 0.0387. The number of piperazine rings is 1. The monoisotopic (exact) mass is 295 g/mol. The van der Waals surface area contributed by atoms with Crippen LogP contribution in [0, 0.1) is 11.3 Å². The highest BCUT2D eigenvalue weighted by Crippen LogP contribution is 2.32. The Hall–Kier alpha value is -1.10. The quantitative estimate of drug-likeness (QED) is 0.848. The second kappa shape index (κ2) is 6.77. The van der Waals surface area contributed by atoms with Crippen molar-refractivity contribution in [2.75, 3.05) is 39.3 Å². The number of piperidine rings is 1. The molecular weight excluding hydrogens is 266 g/mol. The average molecular weight is 295 g/mol. The number of nitrogens with zero attached hydrogens (tertiary/aromatic N) is 2. The molecule has 1 unspecified atom stereocenters. The van der Waals surface area contributed by atoms with Gasteiger partial charge in [0, 0.05) is 38.6 Å². The van der Waals surface area contributed by atoms with Crippen LogP contribution in [0.3, 0.4) is 0 Å². The standard InChI is InChI=1S/C16H29N3O2/c1-4-16(6-5-7-17-12-16)15(21)19-10-8-18(9-11-19)14(20)13(2)3/h13,17H,4-12H2,1-3H3. The summed E-state index contributed by atoms with van der Waals surface area (Å²) in [5.74, 6) is 0.525. The Kier molecular flexibility index (Phi) is 5.25. The fourth-order valence-electron chi connectivity index (χ4n) is 3.43. The molecule has 0 aromatic heterocycles. The number of amides is 2. The lowest BCUT2D eigenvalue weighted by Gasteiger charge is -2.43. The van der Waals surface area contributed by atoms with Gasteiger partial charge in [0.25, 0.3) is 0 Å². The predicted octanol–water partition coefficient (Wildman–Crippen LogP) is 1.09. The van der Waals surface area contributed by atoms with Gasteiger partial charge in [0.15, 0.2) is 0 Å². The molecule has 0 spiro atoms. The summed E-state index contributed by atoms with van der Waals surface area (Å²) in [6.07, 6.45) is 2.95. The zero-order valence-corrected chi connectivity index (χ0v) is 13.7. The van der Waals surface area contributed by atoms with Crippen molar-refractivity contribution in [3.63, 3.8) is 0 Å². The first-order valence-corrected chi connectivity index (χ1v) is 8.29. The number of rotatable bonds is 3. The van der Waals surface area contributed by atoms with Gasteiger partial charge in [-0.05, 0) is 25.8 Å². The van der Waals surface area contributed by atoms with Gasteiger partial charge in [0.05, 0.1) is 5.41 Å². The molecule has 1 N–H and O–H groups in total. The molecule has 2 aliphatic rings. The molecule has 0 aromatic rings. The number of hydrogen-bond donors (Lipinski definition) is 1. The zero-order chi connectivity index (χ0) is 15.5. The van der Waals surface area contributed by atoms with E-state index in [0.717, 1.165) is 32.4 Å². The fraction of sp³-hybridized carbons (Fsp3) is 0.875. The maximum atomic E-state index is 12.9. The molecule has 21 heavy (non-hydrogen) atoms. The Labute approximate surface area is 128 Å². The summed E-state index contributed by atoms with van der Waals surface area (Å²) in [6, 6.07) is 0. The van der Waals surface area contributed by atoms with Crippen molar-refractivity contribution < 1.29 is 9.59 Å². The van der Waals surface area contributed by atoms with Crippen LogP contribution in [0.25, 0.3) is 0 Å². The van der Waals surface area contributed by atoms with Gasteiger partial charge in [-0.15, -0.1) is 0 Å². The Bertz CT molecular complexity index is 381. The summed E-state index contributed by atoms with van der Waals surface area (Å²) in [5.41, 5.74) is -0.220. The lowest BCUT2D eigenvalue weighted by molar-refractivity contribution is -0.149. The van der Waals surface area contributed by atoms with Gasteiger partial charge in [0.2, 0.25) is 11.8 Å². The highest BCUT2D eigenvalue weighted by Gasteiger charge is 2.41. The third-order valence-electron chi connectivity index (χ3n) is 4.98. The van der Waals surface area contributed by atoms with Crippen molar-refractivity contribution in [3.8, 4) is 0 Å². The smallest absolute Gasteiger partial charge is 0.230 e. The van der Waals surface area contributed by atoms with Crippen LogP contribution in [0.5, 0.6) is 0 Å².